The fourth-order valence-electron chi connectivity index (χ4n) is 2.74. The topological polar surface area (TPSA) is 59.0 Å². The maximum absolute atomic E-state index is 12.0. The van der Waals surface area contributed by atoms with Gasteiger partial charge in [-0.3, -0.25) is 4.90 Å². The molecule has 1 fully saturated rings. The molecule has 23 heavy (non-hydrogen) atoms. The predicted octanol–water partition coefficient (Wildman–Crippen LogP) is 2.33. The summed E-state index contributed by atoms with van der Waals surface area (Å²) < 4.78 is 11.0. The lowest BCUT2D eigenvalue weighted by atomic mass is 10.2. The van der Waals surface area contributed by atoms with Crippen molar-refractivity contribution in [3.63, 3.8) is 0 Å². The average Bonchev–Trinajstić information content (AvgIpc) is 2.94. The third kappa shape index (κ3) is 5.61. The van der Waals surface area contributed by atoms with Crippen molar-refractivity contribution in [3.8, 4) is 0 Å². The summed E-state index contributed by atoms with van der Waals surface area (Å²) in [5.41, 5.74) is 0.515. The fraction of sp³-hybridized carbons (Fsp3) is 0.611. The Hall–Kier alpha value is -1.43. The van der Waals surface area contributed by atoms with Gasteiger partial charge in [0, 0.05) is 12.6 Å². The Balaban J connectivity index is 1.83. The number of hydrogen-bond donors (Lipinski definition) is 1. The first kappa shape index (κ1) is 17.9. The van der Waals surface area contributed by atoms with Gasteiger partial charge in [0.1, 0.15) is 5.60 Å². The molecule has 0 aromatic heterocycles. The third-order valence-electron chi connectivity index (χ3n) is 3.78. The zero-order valence-electron chi connectivity index (χ0n) is 14.2. The van der Waals surface area contributed by atoms with Crippen LogP contribution in [-0.4, -0.2) is 47.0 Å². The van der Waals surface area contributed by atoms with E-state index in [4.69, 9.17) is 9.47 Å². The van der Waals surface area contributed by atoms with Gasteiger partial charge >= 0.3 is 5.97 Å². The number of ether oxygens (including phenoxy) is 2. The summed E-state index contributed by atoms with van der Waals surface area (Å²) >= 11 is 0. The van der Waals surface area contributed by atoms with Crippen molar-refractivity contribution >= 4 is 5.97 Å². The summed E-state index contributed by atoms with van der Waals surface area (Å²) in [6.45, 7) is 7.09. The van der Waals surface area contributed by atoms with E-state index in [1.165, 1.54) is 0 Å². The summed E-state index contributed by atoms with van der Waals surface area (Å²) in [7, 11) is 0. The highest BCUT2D eigenvalue weighted by atomic mass is 16.6. The quantitative estimate of drug-likeness (QED) is 0.815. The molecule has 1 N–H and O–H groups in total. The predicted molar refractivity (Wildman–Crippen MR) is 87.7 cm³/mol. The monoisotopic (exact) mass is 321 g/mol. The highest BCUT2D eigenvalue weighted by Crippen LogP contribution is 2.21. The molecule has 1 heterocycles. The van der Waals surface area contributed by atoms with E-state index >= 15 is 0 Å². The minimum atomic E-state index is -1.22. The normalized spacial score (nSPS) is 20.4. The smallest absolute Gasteiger partial charge is 0.351 e. The van der Waals surface area contributed by atoms with Crippen molar-refractivity contribution in [2.75, 3.05) is 13.2 Å². The van der Waals surface area contributed by atoms with E-state index in [9.17, 15) is 9.90 Å². The van der Waals surface area contributed by atoms with Crippen molar-refractivity contribution in [3.05, 3.63) is 35.9 Å². The fourth-order valence-corrected chi connectivity index (χ4v) is 2.74. The highest BCUT2D eigenvalue weighted by Gasteiger charge is 2.35. The minimum absolute atomic E-state index is 0.0428. The largest absolute Gasteiger partial charge is 0.457 e. The van der Waals surface area contributed by atoms with Crippen LogP contribution < -0.4 is 0 Å². The molecule has 1 aromatic rings. The molecule has 0 radical (unpaired) electrons. The van der Waals surface area contributed by atoms with Gasteiger partial charge in [-0.25, -0.2) is 4.79 Å². The number of carbonyl (C=O) groups is 1. The lowest BCUT2D eigenvalue weighted by Crippen LogP contribution is -2.47. The van der Waals surface area contributed by atoms with Gasteiger partial charge in [0.05, 0.1) is 13.2 Å². The number of likely N-dealkylation sites (tertiary alicyclic amines) is 1. The first-order valence-electron chi connectivity index (χ1n) is 8.15. The summed E-state index contributed by atoms with van der Waals surface area (Å²) in [5, 5.41) is 10.3. The maximum atomic E-state index is 12.0. The second-order valence-corrected chi connectivity index (χ2v) is 6.94. The van der Waals surface area contributed by atoms with Gasteiger partial charge in [0.25, 0.3) is 0 Å². The summed E-state index contributed by atoms with van der Waals surface area (Å²) in [6, 6.07) is 10.0. The highest BCUT2D eigenvalue weighted by molar-refractivity contribution is 5.74. The molecule has 1 saturated heterocycles. The number of benzene rings is 1. The van der Waals surface area contributed by atoms with Gasteiger partial charge in [-0.2, -0.15) is 0 Å². The Morgan fingerprint density at radius 1 is 1.35 bits per heavy atom. The Morgan fingerprint density at radius 3 is 2.70 bits per heavy atom. The molecule has 0 saturated carbocycles. The van der Waals surface area contributed by atoms with E-state index in [1.54, 1.807) is 25.7 Å². The molecule has 1 aromatic carbocycles. The number of esters is 1. The zero-order chi connectivity index (χ0) is 16.9. The van der Waals surface area contributed by atoms with Gasteiger partial charge in [-0.05, 0) is 39.2 Å². The Kier molecular flexibility index (Phi) is 6.16. The van der Waals surface area contributed by atoms with Crippen LogP contribution in [0.2, 0.25) is 0 Å². The molecule has 0 bridgehead atoms. The van der Waals surface area contributed by atoms with Crippen LogP contribution in [-0.2, 0) is 20.9 Å². The van der Waals surface area contributed by atoms with Crippen molar-refractivity contribution in [2.24, 2.45) is 0 Å². The van der Waals surface area contributed by atoms with Crippen molar-refractivity contribution in [1.29, 1.82) is 0 Å². The SMILES string of the molecule is CC(C)(C)OC(=O)C(O)N1CCC[C@H]1COCc1ccccc1. The Morgan fingerprint density at radius 2 is 2.04 bits per heavy atom. The lowest BCUT2D eigenvalue weighted by Gasteiger charge is -2.30. The van der Waals surface area contributed by atoms with Gasteiger partial charge in [-0.1, -0.05) is 30.3 Å². The van der Waals surface area contributed by atoms with Crippen LogP contribution in [0.15, 0.2) is 30.3 Å². The number of carbonyl (C=O) groups excluding carboxylic acids is 1. The van der Waals surface area contributed by atoms with Gasteiger partial charge in [0.15, 0.2) is 0 Å². The van der Waals surface area contributed by atoms with E-state index in [0.717, 1.165) is 18.4 Å². The molecule has 0 aliphatic carbocycles. The molecule has 0 spiro atoms. The molecule has 128 valence electrons. The van der Waals surface area contributed by atoms with E-state index in [-0.39, 0.29) is 6.04 Å². The van der Waals surface area contributed by atoms with E-state index < -0.39 is 17.8 Å². The molecule has 5 heteroatoms. The van der Waals surface area contributed by atoms with Gasteiger partial charge < -0.3 is 14.6 Å². The van der Waals surface area contributed by atoms with Crippen LogP contribution in [0, 0.1) is 0 Å². The molecule has 2 atom stereocenters. The van der Waals surface area contributed by atoms with Gasteiger partial charge in [-0.15, -0.1) is 0 Å². The third-order valence-corrected chi connectivity index (χ3v) is 3.78. The second kappa shape index (κ2) is 7.90. The van der Waals surface area contributed by atoms with E-state index in [1.807, 2.05) is 30.3 Å². The molecule has 5 nitrogen and oxygen atoms in total. The summed E-state index contributed by atoms with van der Waals surface area (Å²) in [4.78, 5) is 13.8. The summed E-state index contributed by atoms with van der Waals surface area (Å²) in [5.74, 6) is -0.590. The minimum Gasteiger partial charge on any atom is -0.457 e. The average molecular weight is 321 g/mol. The van der Waals surface area contributed by atoms with Crippen molar-refractivity contribution < 1.29 is 19.4 Å². The van der Waals surface area contributed by atoms with Crippen LogP contribution in [0.4, 0.5) is 0 Å². The second-order valence-electron chi connectivity index (χ2n) is 6.94. The number of nitrogens with zero attached hydrogens (tertiary/aromatic N) is 1. The van der Waals surface area contributed by atoms with Crippen LogP contribution >= 0.6 is 0 Å². The van der Waals surface area contributed by atoms with Gasteiger partial charge in [0.2, 0.25) is 6.23 Å². The standard InChI is InChI=1S/C18H27NO4/c1-18(2,3)23-17(21)16(20)19-11-7-10-15(19)13-22-12-14-8-5-4-6-9-14/h4-6,8-9,15-16,20H,7,10-13H2,1-3H3/t15-,16?/m0/s1. The van der Waals surface area contributed by atoms with Crippen LogP contribution in [0.5, 0.6) is 0 Å². The van der Waals surface area contributed by atoms with Crippen molar-refractivity contribution in [1.82, 2.24) is 4.90 Å². The Bertz CT molecular complexity index is 497. The lowest BCUT2D eigenvalue weighted by molar-refractivity contribution is -0.177. The molecule has 1 aliphatic rings. The number of rotatable bonds is 6. The molecular formula is C18H27NO4. The number of aliphatic hydroxyl groups excluding tert-OH is 1. The number of hydrogen-bond acceptors (Lipinski definition) is 5. The van der Waals surface area contributed by atoms with Crippen LogP contribution in [0.3, 0.4) is 0 Å². The maximum Gasteiger partial charge on any atom is 0.351 e. The number of aliphatic hydroxyl groups is 1. The molecule has 2 rings (SSSR count). The van der Waals surface area contributed by atoms with Crippen LogP contribution in [0.25, 0.3) is 0 Å². The van der Waals surface area contributed by atoms with E-state index in [2.05, 4.69) is 0 Å². The van der Waals surface area contributed by atoms with Crippen LogP contribution in [0.1, 0.15) is 39.2 Å². The Labute approximate surface area is 138 Å². The van der Waals surface area contributed by atoms with Crippen molar-refractivity contribution in [2.45, 2.75) is 58.1 Å². The first-order chi connectivity index (χ1) is 10.9. The molecule has 0 amide bonds. The zero-order valence-corrected chi connectivity index (χ0v) is 14.2. The summed E-state index contributed by atoms with van der Waals surface area (Å²) in [6.07, 6.45) is 0.635. The molecule has 1 aliphatic heterocycles. The first-order valence-corrected chi connectivity index (χ1v) is 8.15. The molecular weight excluding hydrogens is 294 g/mol. The molecule has 1 unspecified atom stereocenters. The van der Waals surface area contributed by atoms with E-state index in [0.29, 0.717) is 19.8 Å².